The van der Waals surface area contributed by atoms with E-state index in [0.717, 1.165) is 12.1 Å². The molecule has 26 heavy (non-hydrogen) atoms. The summed E-state index contributed by atoms with van der Waals surface area (Å²) in [5, 5.41) is 9.23. The maximum absolute atomic E-state index is 13.2. The van der Waals surface area contributed by atoms with Gasteiger partial charge in [-0.15, -0.1) is 0 Å². The summed E-state index contributed by atoms with van der Waals surface area (Å²) >= 11 is 0. The van der Waals surface area contributed by atoms with E-state index in [4.69, 9.17) is 16.2 Å². The first-order chi connectivity index (χ1) is 12.5. The molecule has 4 N–H and O–H groups in total. The fourth-order valence-electron chi connectivity index (χ4n) is 2.32. The number of nitrogen functional groups attached to an aromatic ring is 2. The van der Waals surface area contributed by atoms with Crippen molar-refractivity contribution in [3.05, 3.63) is 65.2 Å². The molecule has 0 aliphatic carbocycles. The van der Waals surface area contributed by atoms with Crippen LogP contribution in [0.15, 0.2) is 42.5 Å². The maximum Gasteiger partial charge on any atom is 0.222 e. The van der Waals surface area contributed by atoms with Crippen LogP contribution in [0.1, 0.15) is 11.1 Å². The third-order valence-corrected chi connectivity index (χ3v) is 3.58. The number of benzene rings is 2. The molecule has 6 nitrogen and oxygen atoms in total. The van der Waals surface area contributed by atoms with E-state index in [2.05, 4.69) is 9.97 Å². The quantitative estimate of drug-likeness (QED) is 0.746. The second-order valence-electron chi connectivity index (χ2n) is 5.36. The highest BCUT2D eigenvalue weighted by Crippen LogP contribution is 2.27. The summed E-state index contributed by atoms with van der Waals surface area (Å²) in [7, 11) is 0. The van der Waals surface area contributed by atoms with Crippen LogP contribution in [-0.4, -0.2) is 9.97 Å². The van der Waals surface area contributed by atoms with Crippen molar-refractivity contribution in [3.8, 4) is 23.1 Å². The summed E-state index contributed by atoms with van der Waals surface area (Å²) in [5.74, 6) is -1.35. The second kappa shape index (κ2) is 7.03. The normalized spacial score (nSPS) is 10.3. The number of hydrogen-bond donors (Lipinski definition) is 2. The minimum atomic E-state index is -0.926. The number of halogens is 2. The fourth-order valence-corrected chi connectivity index (χ4v) is 2.32. The van der Waals surface area contributed by atoms with Crippen LogP contribution < -0.4 is 16.2 Å². The average Bonchev–Trinajstić information content (AvgIpc) is 2.62. The molecule has 3 rings (SSSR count). The molecule has 0 saturated heterocycles. The number of rotatable bonds is 4. The summed E-state index contributed by atoms with van der Waals surface area (Å²) in [5.41, 5.74) is 12.9. The van der Waals surface area contributed by atoms with Gasteiger partial charge in [-0.05, 0) is 42.0 Å². The van der Waals surface area contributed by atoms with Gasteiger partial charge in [0, 0.05) is 5.56 Å². The molecule has 0 radical (unpaired) electrons. The monoisotopic (exact) mass is 353 g/mol. The van der Waals surface area contributed by atoms with Crippen molar-refractivity contribution in [1.82, 2.24) is 9.97 Å². The molecule has 0 amide bonds. The van der Waals surface area contributed by atoms with Crippen molar-refractivity contribution in [2.45, 2.75) is 6.61 Å². The highest BCUT2D eigenvalue weighted by molar-refractivity contribution is 5.73. The summed E-state index contributed by atoms with van der Waals surface area (Å²) in [6.45, 7) is 0.0768. The third-order valence-electron chi connectivity index (χ3n) is 3.58. The molecule has 2 aromatic carbocycles. The number of anilines is 2. The van der Waals surface area contributed by atoms with E-state index in [9.17, 15) is 14.0 Å². The fraction of sp³-hybridized carbons (Fsp3) is 0.0556. The van der Waals surface area contributed by atoms with Crippen molar-refractivity contribution < 1.29 is 13.5 Å². The predicted molar refractivity (Wildman–Crippen MR) is 91.7 cm³/mol. The van der Waals surface area contributed by atoms with Crippen molar-refractivity contribution in [2.24, 2.45) is 0 Å². The van der Waals surface area contributed by atoms with Gasteiger partial charge in [-0.25, -0.2) is 13.8 Å². The Bertz CT molecular complexity index is 1000. The molecule has 0 unspecified atom stereocenters. The lowest BCUT2D eigenvalue weighted by Gasteiger charge is -2.09. The van der Waals surface area contributed by atoms with E-state index in [0.29, 0.717) is 22.6 Å². The lowest BCUT2D eigenvalue weighted by atomic mass is 10.1. The summed E-state index contributed by atoms with van der Waals surface area (Å²) < 4.78 is 31.7. The standard InChI is InChI=1S/C18H13F2N5O/c19-14-6-1-10(7-15(14)20)9-26-12-4-2-11(3-5-12)16-13(8-21)17(22)25-18(23)24-16/h1-7H,9H2,(H4,22,23,24,25). The Morgan fingerprint density at radius 1 is 1.00 bits per heavy atom. The molecular formula is C18H13F2N5O. The van der Waals surface area contributed by atoms with Crippen LogP contribution in [0.4, 0.5) is 20.5 Å². The first-order valence-corrected chi connectivity index (χ1v) is 7.48. The molecule has 0 saturated carbocycles. The highest BCUT2D eigenvalue weighted by Gasteiger charge is 2.13. The summed E-state index contributed by atoms with van der Waals surface area (Å²) in [4.78, 5) is 7.83. The molecule has 0 aliphatic heterocycles. The van der Waals surface area contributed by atoms with Gasteiger partial charge in [0.05, 0.1) is 5.69 Å². The zero-order chi connectivity index (χ0) is 18.7. The second-order valence-corrected chi connectivity index (χ2v) is 5.36. The molecule has 1 aromatic heterocycles. The van der Waals surface area contributed by atoms with E-state index in [1.165, 1.54) is 6.07 Å². The highest BCUT2D eigenvalue weighted by atomic mass is 19.2. The average molecular weight is 353 g/mol. The topological polar surface area (TPSA) is 111 Å². The smallest absolute Gasteiger partial charge is 0.222 e. The van der Waals surface area contributed by atoms with Gasteiger partial charge in [0.15, 0.2) is 11.6 Å². The van der Waals surface area contributed by atoms with E-state index in [-0.39, 0.29) is 23.9 Å². The molecule has 0 fully saturated rings. The minimum absolute atomic E-state index is 0.00802. The van der Waals surface area contributed by atoms with Gasteiger partial charge >= 0.3 is 0 Å². The molecule has 0 spiro atoms. The predicted octanol–water partition coefficient (Wildman–Crippen LogP) is 3.04. The number of aromatic nitrogens is 2. The lowest BCUT2D eigenvalue weighted by Crippen LogP contribution is -2.05. The largest absolute Gasteiger partial charge is 0.489 e. The zero-order valence-electron chi connectivity index (χ0n) is 13.4. The Hall–Kier alpha value is -3.73. The lowest BCUT2D eigenvalue weighted by molar-refractivity contribution is 0.305. The first kappa shape index (κ1) is 17.1. The van der Waals surface area contributed by atoms with E-state index < -0.39 is 11.6 Å². The number of nitriles is 1. The molecule has 0 aliphatic rings. The van der Waals surface area contributed by atoms with Gasteiger partial charge in [0.1, 0.15) is 29.8 Å². The third kappa shape index (κ3) is 3.52. The van der Waals surface area contributed by atoms with Gasteiger partial charge in [0.25, 0.3) is 0 Å². The molecule has 0 bridgehead atoms. The van der Waals surface area contributed by atoms with Gasteiger partial charge in [0.2, 0.25) is 5.95 Å². The Labute approximate surface area is 147 Å². The van der Waals surface area contributed by atoms with Gasteiger partial charge in [-0.1, -0.05) is 6.07 Å². The van der Waals surface area contributed by atoms with Crippen molar-refractivity contribution in [1.29, 1.82) is 5.26 Å². The van der Waals surface area contributed by atoms with Crippen molar-refractivity contribution in [3.63, 3.8) is 0 Å². The van der Waals surface area contributed by atoms with Crippen LogP contribution in [-0.2, 0) is 6.61 Å². The minimum Gasteiger partial charge on any atom is -0.489 e. The zero-order valence-corrected chi connectivity index (χ0v) is 13.4. The number of nitrogens with two attached hydrogens (primary N) is 2. The van der Waals surface area contributed by atoms with E-state index in [1.807, 2.05) is 6.07 Å². The summed E-state index contributed by atoms with van der Waals surface area (Å²) in [6.07, 6.45) is 0. The van der Waals surface area contributed by atoms with Crippen LogP contribution in [0.2, 0.25) is 0 Å². The van der Waals surface area contributed by atoms with Crippen LogP contribution in [0.3, 0.4) is 0 Å². The van der Waals surface area contributed by atoms with Crippen LogP contribution in [0.5, 0.6) is 5.75 Å². The Morgan fingerprint density at radius 3 is 2.38 bits per heavy atom. The Balaban J connectivity index is 1.79. The summed E-state index contributed by atoms with van der Waals surface area (Å²) in [6, 6.07) is 12.2. The van der Waals surface area contributed by atoms with Crippen LogP contribution >= 0.6 is 0 Å². The van der Waals surface area contributed by atoms with Crippen LogP contribution in [0.25, 0.3) is 11.3 Å². The maximum atomic E-state index is 13.2. The van der Waals surface area contributed by atoms with Gasteiger partial charge in [-0.2, -0.15) is 10.2 Å². The Morgan fingerprint density at radius 2 is 1.73 bits per heavy atom. The van der Waals surface area contributed by atoms with E-state index >= 15 is 0 Å². The molecular weight excluding hydrogens is 340 g/mol. The Kier molecular flexibility index (Phi) is 4.62. The number of ether oxygens (including phenoxy) is 1. The van der Waals surface area contributed by atoms with Gasteiger partial charge < -0.3 is 16.2 Å². The number of nitrogens with zero attached hydrogens (tertiary/aromatic N) is 3. The molecule has 8 heteroatoms. The van der Waals surface area contributed by atoms with Gasteiger partial charge in [-0.3, -0.25) is 0 Å². The molecule has 3 aromatic rings. The molecule has 1 heterocycles. The van der Waals surface area contributed by atoms with E-state index in [1.54, 1.807) is 24.3 Å². The molecule has 0 atom stereocenters. The molecule has 130 valence electrons. The van der Waals surface area contributed by atoms with Crippen molar-refractivity contribution >= 4 is 11.8 Å². The first-order valence-electron chi connectivity index (χ1n) is 7.48. The van der Waals surface area contributed by atoms with Crippen LogP contribution in [0, 0.1) is 23.0 Å². The SMILES string of the molecule is N#Cc1c(N)nc(N)nc1-c1ccc(OCc2ccc(F)c(F)c2)cc1. The number of hydrogen-bond acceptors (Lipinski definition) is 6. The van der Waals surface area contributed by atoms with Crippen molar-refractivity contribution in [2.75, 3.05) is 11.5 Å².